The molecule has 6 nitrogen and oxygen atoms in total. The quantitative estimate of drug-likeness (QED) is 0.806. The maximum atomic E-state index is 12.8. The summed E-state index contributed by atoms with van der Waals surface area (Å²) in [6.45, 7) is 0.0334. The highest BCUT2D eigenvalue weighted by Crippen LogP contribution is 2.40. The van der Waals surface area contributed by atoms with Crippen LogP contribution in [0.25, 0.3) is 0 Å². The molecule has 0 radical (unpaired) electrons. The second-order valence-corrected chi connectivity index (χ2v) is 5.72. The Morgan fingerprint density at radius 3 is 2.83 bits per heavy atom. The number of halogens is 1. The lowest BCUT2D eigenvalue weighted by Crippen LogP contribution is -2.35. The Hall–Kier alpha value is -2.54. The first-order valence-corrected chi connectivity index (χ1v) is 7.78. The summed E-state index contributed by atoms with van der Waals surface area (Å²) in [6.07, 6.45) is 4.12. The molecule has 0 bridgehead atoms. The van der Waals surface area contributed by atoms with Crippen molar-refractivity contribution in [1.29, 1.82) is 0 Å². The van der Waals surface area contributed by atoms with Crippen LogP contribution in [0.5, 0.6) is 5.75 Å². The summed E-state index contributed by atoms with van der Waals surface area (Å²) in [7, 11) is 0. The van der Waals surface area contributed by atoms with E-state index in [9.17, 15) is 14.3 Å². The fourth-order valence-electron chi connectivity index (χ4n) is 2.28. The van der Waals surface area contributed by atoms with Crippen molar-refractivity contribution in [2.45, 2.75) is 24.9 Å². The molecular weight excluding hydrogens is 313 g/mol. The number of benzene rings is 1. The van der Waals surface area contributed by atoms with Crippen LogP contribution in [-0.2, 0) is 0 Å². The van der Waals surface area contributed by atoms with Crippen molar-refractivity contribution in [3.8, 4) is 5.75 Å². The van der Waals surface area contributed by atoms with E-state index in [1.807, 2.05) is 0 Å². The summed E-state index contributed by atoms with van der Waals surface area (Å²) in [5, 5.41) is 12.6. The van der Waals surface area contributed by atoms with Crippen LogP contribution in [0, 0.1) is 5.82 Å². The second-order valence-electron chi connectivity index (χ2n) is 5.72. The molecular formula is C17H18FN3O3. The summed E-state index contributed by atoms with van der Waals surface area (Å²) in [5.74, 6) is 0.125. The molecule has 126 valence electrons. The molecule has 1 fully saturated rings. The molecule has 1 aliphatic rings. The zero-order chi connectivity index (χ0) is 16.9. The number of nitrogens with zero attached hydrogens (tertiary/aromatic N) is 2. The number of carbonyl (C=O) groups is 1. The third-order valence-electron chi connectivity index (χ3n) is 3.71. The van der Waals surface area contributed by atoms with Crippen LogP contribution in [0.4, 0.5) is 4.39 Å². The van der Waals surface area contributed by atoms with E-state index in [4.69, 9.17) is 4.74 Å². The van der Waals surface area contributed by atoms with Crippen molar-refractivity contribution >= 4 is 5.91 Å². The highest BCUT2D eigenvalue weighted by Gasteiger charge is 2.29. The SMILES string of the molecule is O=C(NCC(O)COc1ccc(F)cc1)c1cncnc1C1CC1. The second kappa shape index (κ2) is 7.35. The number of rotatable bonds is 7. The van der Waals surface area contributed by atoms with Crippen LogP contribution in [-0.4, -0.2) is 40.2 Å². The Morgan fingerprint density at radius 1 is 1.38 bits per heavy atom. The van der Waals surface area contributed by atoms with Crippen LogP contribution in [0.3, 0.4) is 0 Å². The lowest BCUT2D eigenvalue weighted by Gasteiger charge is -2.14. The zero-order valence-electron chi connectivity index (χ0n) is 13.0. The molecule has 1 saturated carbocycles. The van der Waals surface area contributed by atoms with E-state index in [1.165, 1.54) is 36.8 Å². The summed E-state index contributed by atoms with van der Waals surface area (Å²) in [4.78, 5) is 20.3. The summed E-state index contributed by atoms with van der Waals surface area (Å²) in [5.41, 5.74) is 1.21. The number of aliphatic hydroxyl groups is 1. The van der Waals surface area contributed by atoms with Crippen molar-refractivity contribution in [3.05, 3.63) is 53.9 Å². The molecule has 24 heavy (non-hydrogen) atoms. The van der Waals surface area contributed by atoms with Crippen LogP contribution < -0.4 is 10.1 Å². The van der Waals surface area contributed by atoms with E-state index in [0.717, 1.165) is 18.5 Å². The molecule has 0 saturated heterocycles. The highest BCUT2D eigenvalue weighted by atomic mass is 19.1. The Balaban J connectivity index is 1.48. The van der Waals surface area contributed by atoms with Crippen molar-refractivity contribution in [3.63, 3.8) is 0 Å². The average molecular weight is 331 g/mol. The fraction of sp³-hybridized carbons (Fsp3) is 0.353. The van der Waals surface area contributed by atoms with Gasteiger partial charge in [0.2, 0.25) is 0 Å². The van der Waals surface area contributed by atoms with E-state index in [-0.39, 0.29) is 24.9 Å². The monoisotopic (exact) mass is 331 g/mol. The Kier molecular flexibility index (Phi) is 5.00. The van der Waals surface area contributed by atoms with E-state index in [0.29, 0.717) is 17.2 Å². The van der Waals surface area contributed by atoms with Gasteiger partial charge < -0.3 is 15.2 Å². The molecule has 2 N–H and O–H groups in total. The van der Waals surface area contributed by atoms with Gasteiger partial charge in [-0.25, -0.2) is 14.4 Å². The first kappa shape index (κ1) is 16.3. The van der Waals surface area contributed by atoms with Crippen LogP contribution in [0.1, 0.15) is 34.8 Å². The van der Waals surface area contributed by atoms with Gasteiger partial charge in [-0.2, -0.15) is 0 Å². The van der Waals surface area contributed by atoms with Gasteiger partial charge in [0.1, 0.15) is 30.6 Å². The molecule has 1 aromatic heterocycles. The minimum atomic E-state index is -0.881. The topological polar surface area (TPSA) is 84.3 Å². The number of aliphatic hydroxyl groups excluding tert-OH is 1. The van der Waals surface area contributed by atoms with Gasteiger partial charge in [0, 0.05) is 18.7 Å². The molecule has 2 aromatic rings. The number of amides is 1. The van der Waals surface area contributed by atoms with Gasteiger partial charge in [0.25, 0.3) is 5.91 Å². The van der Waals surface area contributed by atoms with E-state index >= 15 is 0 Å². The van der Waals surface area contributed by atoms with Crippen LogP contribution in [0.15, 0.2) is 36.8 Å². The van der Waals surface area contributed by atoms with Gasteiger partial charge in [-0.05, 0) is 37.1 Å². The highest BCUT2D eigenvalue weighted by molar-refractivity contribution is 5.95. The van der Waals surface area contributed by atoms with E-state index in [1.54, 1.807) is 0 Å². The van der Waals surface area contributed by atoms with Gasteiger partial charge in [0.15, 0.2) is 0 Å². The molecule has 0 aliphatic heterocycles. The third kappa shape index (κ3) is 4.26. The van der Waals surface area contributed by atoms with Gasteiger partial charge in [-0.3, -0.25) is 4.79 Å². The number of nitrogens with one attached hydrogen (secondary N) is 1. The number of hydrogen-bond acceptors (Lipinski definition) is 5. The Bertz CT molecular complexity index is 704. The largest absolute Gasteiger partial charge is 0.491 e. The molecule has 7 heteroatoms. The van der Waals surface area contributed by atoms with Gasteiger partial charge in [-0.15, -0.1) is 0 Å². The van der Waals surface area contributed by atoms with Crippen LogP contribution in [0.2, 0.25) is 0 Å². The lowest BCUT2D eigenvalue weighted by atomic mass is 10.1. The van der Waals surface area contributed by atoms with Gasteiger partial charge in [-0.1, -0.05) is 0 Å². The summed E-state index contributed by atoms with van der Waals surface area (Å²) >= 11 is 0. The normalized spacial score (nSPS) is 14.9. The van der Waals surface area contributed by atoms with Crippen molar-refractivity contribution in [2.24, 2.45) is 0 Å². The van der Waals surface area contributed by atoms with Crippen molar-refractivity contribution < 1.29 is 19.0 Å². The Labute approximate surface area is 138 Å². The number of carbonyl (C=O) groups excluding carboxylic acids is 1. The minimum Gasteiger partial charge on any atom is -0.491 e. The molecule has 1 aliphatic carbocycles. The summed E-state index contributed by atoms with van der Waals surface area (Å²) < 4.78 is 18.1. The van der Waals surface area contributed by atoms with Crippen molar-refractivity contribution in [1.82, 2.24) is 15.3 Å². The smallest absolute Gasteiger partial charge is 0.254 e. The molecule has 1 unspecified atom stereocenters. The predicted octanol–water partition coefficient (Wildman–Crippen LogP) is 1.66. The predicted molar refractivity (Wildman–Crippen MR) is 84.2 cm³/mol. The molecule has 1 atom stereocenters. The molecule has 1 heterocycles. The molecule has 1 amide bonds. The lowest BCUT2D eigenvalue weighted by molar-refractivity contribution is 0.0842. The number of hydrogen-bond donors (Lipinski definition) is 2. The summed E-state index contributed by atoms with van der Waals surface area (Å²) in [6, 6.07) is 5.50. The number of ether oxygens (including phenoxy) is 1. The standard InChI is InChI=1S/C17H18FN3O3/c18-12-3-5-14(6-4-12)24-9-13(22)7-20-17(23)15-8-19-10-21-16(15)11-1-2-11/h3-6,8,10-11,13,22H,1-2,7,9H2,(H,20,23). The molecule has 0 spiro atoms. The maximum Gasteiger partial charge on any atom is 0.254 e. The van der Waals surface area contributed by atoms with E-state index < -0.39 is 6.10 Å². The first-order valence-electron chi connectivity index (χ1n) is 7.78. The Morgan fingerprint density at radius 2 is 2.12 bits per heavy atom. The van der Waals surface area contributed by atoms with Gasteiger partial charge >= 0.3 is 0 Å². The third-order valence-corrected chi connectivity index (χ3v) is 3.71. The van der Waals surface area contributed by atoms with Crippen molar-refractivity contribution in [2.75, 3.05) is 13.2 Å². The fourth-order valence-corrected chi connectivity index (χ4v) is 2.28. The number of aromatic nitrogens is 2. The maximum absolute atomic E-state index is 12.8. The molecule has 1 aromatic carbocycles. The zero-order valence-corrected chi connectivity index (χ0v) is 13.0. The van der Waals surface area contributed by atoms with E-state index in [2.05, 4.69) is 15.3 Å². The minimum absolute atomic E-state index is 0.00726. The first-order chi connectivity index (χ1) is 11.6. The molecule has 3 rings (SSSR count). The van der Waals surface area contributed by atoms with Crippen LogP contribution >= 0.6 is 0 Å². The average Bonchev–Trinajstić information content (AvgIpc) is 3.44. The van der Waals surface area contributed by atoms with Gasteiger partial charge in [0.05, 0.1) is 11.3 Å².